The van der Waals surface area contributed by atoms with E-state index in [-0.39, 0.29) is 12.5 Å². The Morgan fingerprint density at radius 2 is 0.565 bits per heavy atom. The first-order valence-electron chi connectivity index (χ1n) is 31.7. The minimum absolute atomic E-state index is 0.0706. The second-order valence-corrected chi connectivity index (χ2v) is 21.8. The zero-order valence-electron chi connectivity index (χ0n) is 47.1. The van der Waals surface area contributed by atoms with E-state index in [0.29, 0.717) is 6.42 Å². The van der Waals surface area contributed by atoms with Crippen LogP contribution in [0, 0.1) is 0 Å². The van der Waals surface area contributed by atoms with Crippen LogP contribution < -0.4 is 5.32 Å². The summed E-state index contributed by atoms with van der Waals surface area (Å²) in [6, 6.07) is -0.645. The predicted octanol–water partition coefficient (Wildman–Crippen LogP) is 21.2. The molecule has 0 aromatic heterocycles. The lowest BCUT2D eigenvalue weighted by Crippen LogP contribution is -2.45. The fourth-order valence-corrected chi connectivity index (χ4v) is 10.0. The lowest BCUT2D eigenvalue weighted by Gasteiger charge is -2.19. The standard InChI is InChI=1S/C65H125NO3/c1-3-5-7-9-11-13-15-17-19-21-23-25-27-28-29-30-31-32-33-34-35-36-37-39-41-43-45-47-49-51-53-55-57-59-61-65(69)66-63(62-67)64(68)60-58-56-54-52-50-48-46-44-42-40-38-26-24-22-20-18-16-14-12-10-8-6-4-2/h42,44,50,52,58,60,63-64,67-68H,3-41,43,45-49,51,53-57,59,61-62H2,1-2H3,(H,66,69)/b44-42+,52-50+,60-58+. The normalized spacial score (nSPS) is 12.9. The van der Waals surface area contributed by atoms with Crippen LogP contribution in [-0.2, 0) is 4.79 Å². The Balaban J connectivity index is 3.46. The average Bonchev–Trinajstić information content (AvgIpc) is 3.35. The highest BCUT2D eigenvalue weighted by atomic mass is 16.3. The lowest BCUT2D eigenvalue weighted by molar-refractivity contribution is -0.123. The van der Waals surface area contributed by atoms with Gasteiger partial charge in [0.2, 0.25) is 5.91 Å². The maximum atomic E-state index is 12.5. The molecular weight excluding hydrogens is 843 g/mol. The molecule has 0 spiro atoms. The van der Waals surface area contributed by atoms with Gasteiger partial charge in [-0.3, -0.25) is 4.79 Å². The average molecular weight is 969 g/mol. The van der Waals surface area contributed by atoms with Crippen molar-refractivity contribution in [1.82, 2.24) is 5.32 Å². The van der Waals surface area contributed by atoms with Gasteiger partial charge in [0.25, 0.3) is 0 Å². The van der Waals surface area contributed by atoms with Crippen molar-refractivity contribution in [1.29, 1.82) is 0 Å². The summed E-state index contributed by atoms with van der Waals surface area (Å²) >= 11 is 0. The van der Waals surface area contributed by atoms with Gasteiger partial charge in [-0.1, -0.05) is 339 Å². The number of carbonyl (C=O) groups excluding carboxylic acids is 1. The molecule has 0 aliphatic rings. The van der Waals surface area contributed by atoms with Gasteiger partial charge in [-0.05, 0) is 44.9 Å². The van der Waals surface area contributed by atoms with Crippen molar-refractivity contribution < 1.29 is 15.0 Å². The fourth-order valence-electron chi connectivity index (χ4n) is 10.0. The molecule has 0 fully saturated rings. The highest BCUT2D eigenvalue weighted by molar-refractivity contribution is 5.76. The maximum absolute atomic E-state index is 12.5. The molecular formula is C65H125NO3. The van der Waals surface area contributed by atoms with Crippen molar-refractivity contribution >= 4 is 5.91 Å². The van der Waals surface area contributed by atoms with E-state index >= 15 is 0 Å². The first-order valence-corrected chi connectivity index (χ1v) is 31.7. The van der Waals surface area contributed by atoms with Gasteiger partial charge in [0.15, 0.2) is 0 Å². The van der Waals surface area contributed by atoms with Crippen LogP contribution in [0.2, 0.25) is 0 Å². The van der Waals surface area contributed by atoms with Crippen LogP contribution >= 0.6 is 0 Å². The van der Waals surface area contributed by atoms with E-state index < -0.39 is 12.1 Å². The number of aliphatic hydroxyl groups excluding tert-OH is 2. The second kappa shape index (κ2) is 60.9. The third-order valence-electron chi connectivity index (χ3n) is 14.9. The van der Waals surface area contributed by atoms with E-state index in [2.05, 4.69) is 43.5 Å². The molecule has 0 aromatic carbocycles. The summed E-state index contributed by atoms with van der Waals surface area (Å²) < 4.78 is 0. The number of rotatable bonds is 59. The first-order chi connectivity index (χ1) is 34.2. The Morgan fingerprint density at radius 3 is 0.841 bits per heavy atom. The van der Waals surface area contributed by atoms with Crippen LogP contribution in [0.5, 0.6) is 0 Å². The van der Waals surface area contributed by atoms with Gasteiger partial charge >= 0.3 is 0 Å². The van der Waals surface area contributed by atoms with E-state index in [4.69, 9.17) is 0 Å². The summed E-state index contributed by atoms with van der Waals surface area (Å²) in [5.41, 5.74) is 0. The van der Waals surface area contributed by atoms with Crippen LogP contribution in [0.1, 0.15) is 354 Å². The topological polar surface area (TPSA) is 69.6 Å². The van der Waals surface area contributed by atoms with Crippen LogP contribution in [-0.4, -0.2) is 34.9 Å². The van der Waals surface area contributed by atoms with E-state index in [1.165, 1.54) is 295 Å². The molecule has 4 nitrogen and oxygen atoms in total. The Kier molecular flexibility index (Phi) is 59.7. The van der Waals surface area contributed by atoms with Crippen LogP contribution in [0.15, 0.2) is 36.5 Å². The zero-order valence-corrected chi connectivity index (χ0v) is 47.1. The van der Waals surface area contributed by atoms with Crippen molar-refractivity contribution in [3.05, 3.63) is 36.5 Å². The van der Waals surface area contributed by atoms with Gasteiger partial charge in [-0.2, -0.15) is 0 Å². The second-order valence-electron chi connectivity index (χ2n) is 21.8. The Labute approximate surface area is 433 Å². The molecule has 0 saturated heterocycles. The summed E-state index contributed by atoms with van der Waals surface area (Å²) in [7, 11) is 0. The highest BCUT2D eigenvalue weighted by Crippen LogP contribution is 2.18. The number of nitrogens with one attached hydrogen (secondary N) is 1. The lowest BCUT2D eigenvalue weighted by atomic mass is 10.0. The van der Waals surface area contributed by atoms with E-state index in [1.54, 1.807) is 6.08 Å². The largest absolute Gasteiger partial charge is 0.394 e. The zero-order chi connectivity index (χ0) is 49.9. The Morgan fingerprint density at radius 1 is 0.333 bits per heavy atom. The molecule has 3 N–H and O–H groups in total. The highest BCUT2D eigenvalue weighted by Gasteiger charge is 2.18. The molecule has 4 heteroatoms. The molecule has 0 radical (unpaired) electrons. The number of hydrogen-bond donors (Lipinski definition) is 3. The smallest absolute Gasteiger partial charge is 0.220 e. The molecule has 0 aliphatic carbocycles. The summed E-state index contributed by atoms with van der Waals surface area (Å²) in [6.45, 7) is 4.34. The fraction of sp³-hybridized carbons (Fsp3) is 0.892. The van der Waals surface area contributed by atoms with Gasteiger partial charge in [0.05, 0.1) is 18.8 Å². The van der Waals surface area contributed by atoms with Crippen molar-refractivity contribution in [3.63, 3.8) is 0 Å². The van der Waals surface area contributed by atoms with Gasteiger partial charge in [0.1, 0.15) is 0 Å². The summed E-state index contributed by atoms with van der Waals surface area (Å²) in [5, 5.41) is 23.2. The first kappa shape index (κ1) is 67.6. The van der Waals surface area contributed by atoms with Crippen LogP contribution in [0.3, 0.4) is 0 Å². The van der Waals surface area contributed by atoms with Gasteiger partial charge in [-0.25, -0.2) is 0 Å². The minimum Gasteiger partial charge on any atom is -0.394 e. The van der Waals surface area contributed by atoms with Crippen molar-refractivity contribution in [2.75, 3.05) is 6.61 Å². The van der Waals surface area contributed by atoms with Gasteiger partial charge in [-0.15, -0.1) is 0 Å². The van der Waals surface area contributed by atoms with Gasteiger partial charge in [0, 0.05) is 6.42 Å². The molecule has 0 saturated carbocycles. The monoisotopic (exact) mass is 968 g/mol. The maximum Gasteiger partial charge on any atom is 0.220 e. The van der Waals surface area contributed by atoms with Gasteiger partial charge < -0.3 is 15.5 Å². The molecule has 2 atom stereocenters. The summed E-state index contributed by atoms with van der Waals surface area (Å²) in [4.78, 5) is 12.5. The molecule has 0 aromatic rings. The molecule has 69 heavy (non-hydrogen) atoms. The molecule has 0 heterocycles. The molecule has 0 bridgehead atoms. The van der Waals surface area contributed by atoms with Crippen LogP contribution in [0.4, 0.5) is 0 Å². The number of unbranched alkanes of at least 4 members (excludes halogenated alkanes) is 48. The number of allylic oxidation sites excluding steroid dienone is 5. The Hall–Kier alpha value is -1.39. The number of aliphatic hydroxyl groups is 2. The third kappa shape index (κ3) is 57.4. The SMILES string of the molecule is CCCCCCCCCCCCCCC/C=C/CC/C=C/CC/C=C/C(O)C(CO)NC(=O)CCCCCCCCCCCCCCCCCCCCCCCCCCCCCCCCCCCC. The van der Waals surface area contributed by atoms with Crippen molar-refractivity contribution in [2.24, 2.45) is 0 Å². The summed E-state index contributed by atoms with van der Waals surface area (Å²) in [5.74, 6) is -0.0706. The summed E-state index contributed by atoms with van der Waals surface area (Å²) in [6.07, 6.45) is 83.5. The predicted molar refractivity (Wildman–Crippen MR) is 308 cm³/mol. The quantitative estimate of drug-likeness (QED) is 0.0420. The molecule has 2 unspecified atom stereocenters. The van der Waals surface area contributed by atoms with Crippen molar-refractivity contribution in [2.45, 2.75) is 366 Å². The van der Waals surface area contributed by atoms with Crippen LogP contribution in [0.25, 0.3) is 0 Å². The third-order valence-corrected chi connectivity index (χ3v) is 14.9. The van der Waals surface area contributed by atoms with E-state index in [0.717, 1.165) is 38.5 Å². The molecule has 0 aliphatic heterocycles. The molecule has 408 valence electrons. The van der Waals surface area contributed by atoms with Crippen molar-refractivity contribution in [3.8, 4) is 0 Å². The minimum atomic E-state index is -0.869. The number of amides is 1. The molecule has 1 amide bonds. The van der Waals surface area contributed by atoms with E-state index in [9.17, 15) is 15.0 Å². The Bertz CT molecular complexity index is 1050. The number of hydrogen-bond acceptors (Lipinski definition) is 3. The number of carbonyl (C=O) groups is 1. The molecule has 0 rings (SSSR count). The van der Waals surface area contributed by atoms with E-state index in [1.807, 2.05) is 6.08 Å².